The molecule has 0 aliphatic heterocycles. The highest BCUT2D eigenvalue weighted by Crippen LogP contribution is 2.57. The molecule has 3 aromatic heterocycles. The van der Waals surface area contributed by atoms with E-state index in [9.17, 15) is 9.59 Å². The lowest BCUT2D eigenvalue weighted by atomic mass is 9.49. The number of amides is 2. The summed E-state index contributed by atoms with van der Waals surface area (Å²) in [7, 11) is 0. The summed E-state index contributed by atoms with van der Waals surface area (Å²) in [5, 5.41) is 6.76. The van der Waals surface area contributed by atoms with E-state index in [4.69, 9.17) is 0 Å². The van der Waals surface area contributed by atoms with Crippen LogP contribution in [0.25, 0.3) is 5.65 Å². The van der Waals surface area contributed by atoms with Crippen molar-refractivity contribution in [3.05, 3.63) is 65.9 Å². The number of aromatic nitrogens is 3. The largest absolute Gasteiger partial charge is 0.346 e. The second kappa shape index (κ2) is 6.89. The van der Waals surface area contributed by atoms with Gasteiger partial charge in [-0.2, -0.15) is 0 Å². The molecule has 0 saturated heterocycles. The zero-order chi connectivity index (χ0) is 21.9. The molecule has 2 unspecified atom stereocenters. The fourth-order valence-electron chi connectivity index (χ4n) is 6.89. The summed E-state index contributed by atoms with van der Waals surface area (Å²) in [4.78, 5) is 35.0. The minimum Gasteiger partial charge on any atom is -0.346 e. The van der Waals surface area contributed by atoms with E-state index in [0.29, 0.717) is 23.1 Å². The molecule has 2 atom stereocenters. The van der Waals surface area contributed by atoms with Crippen LogP contribution in [-0.2, 0) is 0 Å². The number of fused-ring (bicyclic) bond motifs is 1. The number of imidazole rings is 1. The summed E-state index contributed by atoms with van der Waals surface area (Å²) >= 11 is 0. The number of nitrogens with one attached hydrogen (secondary N) is 2. The number of nitrogens with zero attached hydrogens (tertiary/aromatic N) is 3. The van der Waals surface area contributed by atoms with Crippen LogP contribution in [0.2, 0.25) is 0 Å². The first-order valence-corrected chi connectivity index (χ1v) is 11.4. The fraction of sp³-hybridized carbons (Fsp3) is 0.440. The molecule has 7 heteroatoms. The van der Waals surface area contributed by atoms with Crippen LogP contribution in [0.4, 0.5) is 0 Å². The van der Waals surface area contributed by atoms with Crippen molar-refractivity contribution >= 4 is 17.5 Å². The van der Waals surface area contributed by atoms with Crippen LogP contribution in [0, 0.1) is 18.8 Å². The third-order valence-corrected chi connectivity index (χ3v) is 7.60. The van der Waals surface area contributed by atoms with E-state index in [0.717, 1.165) is 43.4 Å². The average Bonchev–Trinajstić information content (AvgIpc) is 3.20. The summed E-state index contributed by atoms with van der Waals surface area (Å²) in [5.74, 6) is 0.885. The number of aryl methyl sites for hydroxylation is 1. The topological polar surface area (TPSA) is 88.4 Å². The molecular formula is C25H27N5O2. The Kier molecular flexibility index (Phi) is 4.19. The van der Waals surface area contributed by atoms with Crippen LogP contribution < -0.4 is 10.6 Å². The van der Waals surface area contributed by atoms with Gasteiger partial charge in [0.1, 0.15) is 11.3 Å². The van der Waals surface area contributed by atoms with E-state index in [1.807, 2.05) is 48.0 Å². The van der Waals surface area contributed by atoms with Gasteiger partial charge < -0.3 is 15.0 Å². The Morgan fingerprint density at radius 2 is 1.72 bits per heavy atom. The van der Waals surface area contributed by atoms with Crippen LogP contribution in [0.1, 0.15) is 65.1 Å². The van der Waals surface area contributed by atoms with Gasteiger partial charge in [0.05, 0.1) is 0 Å². The second-order valence-electron chi connectivity index (χ2n) is 10.2. The van der Waals surface area contributed by atoms with Gasteiger partial charge >= 0.3 is 0 Å². The van der Waals surface area contributed by atoms with Crippen molar-refractivity contribution in [2.75, 3.05) is 0 Å². The van der Waals surface area contributed by atoms with Crippen molar-refractivity contribution in [2.24, 2.45) is 11.8 Å². The van der Waals surface area contributed by atoms with Gasteiger partial charge in [0.2, 0.25) is 0 Å². The molecular weight excluding hydrogens is 402 g/mol. The van der Waals surface area contributed by atoms with E-state index in [-0.39, 0.29) is 22.9 Å². The second-order valence-corrected chi connectivity index (χ2v) is 10.2. The lowest BCUT2D eigenvalue weighted by Gasteiger charge is -2.62. The maximum absolute atomic E-state index is 13.2. The van der Waals surface area contributed by atoms with Crippen molar-refractivity contribution in [3.63, 3.8) is 0 Å². The normalized spacial score (nSPS) is 30.4. The molecule has 4 saturated carbocycles. The van der Waals surface area contributed by atoms with Crippen LogP contribution in [0.15, 0.2) is 48.9 Å². The van der Waals surface area contributed by atoms with Gasteiger partial charge in [0, 0.05) is 40.9 Å². The van der Waals surface area contributed by atoms with Gasteiger partial charge in [-0.3, -0.25) is 9.59 Å². The minimum absolute atomic E-state index is 0.0562. The smallest absolute Gasteiger partial charge is 0.270 e. The van der Waals surface area contributed by atoms with Gasteiger partial charge in [-0.15, -0.1) is 0 Å². The number of rotatable bonds is 4. The quantitative estimate of drug-likeness (QED) is 0.666. The summed E-state index contributed by atoms with van der Waals surface area (Å²) in [5.41, 5.74) is 2.15. The summed E-state index contributed by atoms with van der Waals surface area (Å²) in [6.45, 7) is 1.90. The SMILES string of the molecule is Cc1cccc(C(=O)NC23CC4CC(CC(NC(=O)c5ccn6ccnc6c5)(C4)C2)C3)n1. The lowest BCUT2D eigenvalue weighted by molar-refractivity contribution is -0.0448. The molecule has 4 aliphatic carbocycles. The van der Waals surface area contributed by atoms with Crippen molar-refractivity contribution in [1.82, 2.24) is 25.0 Å². The van der Waals surface area contributed by atoms with E-state index >= 15 is 0 Å². The Morgan fingerprint density at radius 1 is 1.00 bits per heavy atom. The molecule has 7 nitrogen and oxygen atoms in total. The average molecular weight is 430 g/mol. The third-order valence-electron chi connectivity index (χ3n) is 7.60. The first-order valence-electron chi connectivity index (χ1n) is 11.4. The van der Waals surface area contributed by atoms with Crippen LogP contribution in [0.5, 0.6) is 0 Å². The molecule has 4 bridgehead atoms. The highest BCUT2D eigenvalue weighted by atomic mass is 16.2. The molecule has 4 aliphatic rings. The lowest BCUT2D eigenvalue weighted by Crippen LogP contribution is -2.69. The molecule has 0 aromatic carbocycles. The molecule has 32 heavy (non-hydrogen) atoms. The van der Waals surface area contributed by atoms with E-state index in [2.05, 4.69) is 20.6 Å². The molecule has 4 fully saturated rings. The van der Waals surface area contributed by atoms with E-state index in [1.165, 1.54) is 6.42 Å². The third kappa shape index (κ3) is 3.27. The molecule has 0 spiro atoms. The Bertz CT molecular complexity index is 1220. The maximum atomic E-state index is 13.2. The van der Waals surface area contributed by atoms with E-state index < -0.39 is 0 Å². The number of carbonyl (C=O) groups is 2. The highest BCUT2D eigenvalue weighted by Gasteiger charge is 2.58. The number of hydrogen-bond donors (Lipinski definition) is 2. The standard InChI is InChI=1S/C25H27N5O2/c1-16-3-2-4-20(27-16)23(32)29-25-13-17-9-18(14-25)12-24(11-17,15-25)28-22(31)19-5-7-30-8-6-26-21(30)10-19/h2-8,10,17-18H,9,11-15H2,1H3,(H,28,31)(H,29,32). The number of carbonyl (C=O) groups excluding carboxylic acids is 2. The Hall–Kier alpha value is -3.22. The predicted octanol–water partition coefficient (Wildman–Crippen LogP) is 3.29. The van der Waals surface area contributed by atoms with Gasteiger partial charge in [-0.25, -0.2) is 9.97 Å². The molecule has 7 rings (SSSR count). The highest BCUT2D eigenvalue weighted by molar-refractivity contribution is 5.95. The zero-order valence-electron chi connectivity index (χ0n) is 18.2. The predicted molar refractivity (Wildman–Crippen MR) is 119 cm³/mol. The van der Waals surface area contributed by atoms with Crippen molar-refractivity contribution in [3.8, 4) is 0 Å². The van der Waals surface area contributed by atoms with Gasteiger partial charge in [-0.1, -0.05) is 6.07 Å². The Balaban J connectivity index is 1.25. The fourth-order valence-corrected chi connectivity index (χ4v) is 6.89. The summed E-state index contributed by atoms with van der Waals surface area (Å²) in [6.07, 6.45) is 11.4. The molecule has 2 amide bonds. The Morgan fingerprint density at radius 3 is 2.44 bits per heavy atom. The minimum atomic E-state index is -0.271. The van der Waals surface area contributed by atoms with Crippen molar-refractivity contribution < 1.29 is 9.59 Å². The monoisotopic (exact) mass is 429 g/mol. The molecule has 3 heterocycles. The van der Waals surface area contributed by atoms with Gasteiger partial charge in [-0.05, 0) is 81.5 Å². The maximum Gasteiger partial charge on any atom is 0.270 e. The van der Waals surface area contributed by atoms with Crippen LogP contribution >= 0.6 is 0 Å². The van der Waals surface area contributed by atoms with Crippen molar-refractivity contribution in [2.45, 2.75) is 56.5 Å². The van der Waals surface area contributed by atoms with Gasteiger partial charge in [0.15, 0.2) is 0 Å². The first-order chi connectivity index (χ1) is 15.4. The first kappa shape index (κ1) is 19.5. The molecule has 164 valence electrons. The number of hydrogen-bond acceptors (Lipinski definition) is 4. The Labute approximate surface area is 186 Å². The summed E-state index contributed by atoms with van der Waals surface area (Å²) < 4.78 is 1.89. The molecule has 3 aromatic rings. The number of pyridine rings is 2. The zero-order valence-corrected chi connectivity index (χ0v) is 18.2. The molecule has 2 N–H and O–H groups in total. The van der Waals surface area contributed by atoms with Gasteiger partial charge in [0.25, 0.3) is 11.8 Å². The van der Waals surface area contributed by atoms with E-state index in [1.54, 1.807) is 12.3 Å². The van der Waals surface area contributed by atoms with Crippen LogP contribution in [-0.4, -0.2) is 37.3 Å². The molecule has 0 radical (unpaired) electrons. The van der Waals surface area contributed by atoms with Crippen molar-refractivity contribution in [1.29, 1.82) is 0 Å². The summed E-state index contributed by atoms with van der Waals surface area (Å²) in [6, 6.07) is 9.20. The van der Waals surface area contributed by atoms with Crippen LogP contribution in [0.3, 0.4) is 0 Å².